The van der Waals surface area contributed by atoms with Gasteiger partial charge in [-0.05, 0) is 6.07 Å². The first-order valence-electron chi connectivity index (χ1n) is 5.37. The maximum atomic E-state index is 12.0. The van der Waals surface area contributed by atoms with Crippen LogP contribution < -0.4 is 4.72 Å². The van der Waals surface area contributed by atoms with Crippen molar-refractivity contribution in [3.8, 4) is 0 Å². The van der Waals surface area contributed by atoms with Crippen molar-refractivity contribution in [3.63, 3.8) is 0 Å². The number of nitrogens with one attached hydrogen (secondary N) is 1. The molecule has 8 nitrogen and oxygen atoms in total. The van der Waals surface area contributed by atoms with Crippen LogP contribution in [0, 0.1) is 0 Å². The van der Waals surface area contributed by atoms with Crippen LogP contribution >= 0.6 is 11.3 Å². The Morgan fingerprint density at radius 3 is 2.60 bits per heavy atom. The molecule has 0 bridgehead atoms. The first kappa shape index (κ1) is 14.6. The number of amides is 2. The second-order valence-corrected chi connectivity index (χ2v) is 6.75. The van der Waals surface area contributed by atoms with E-state index < -0.39 is 33.8 Å². The van der Waals surface area contributed by atoms with Gasteiger partial charge < -0.3 is 5.11 Å². The van der Waals surface area contributed by atoms with Crippen LogP contribution in [-0.4, -0.2) is 49.3 Å². The van der Waals surface area contributed by atoms with E-state index in [9.17, 15) is 22.8 Å². The van der Waals surface area contributed by atoms with Crippen LogP contribution in [0.2, 0.25) is 0 Å². The van der Waals surface area contributed by atoms with E-state index in [1.54, 1.807) is 0 Å². The molecule has 0 spiro atoms. The molecule has 2 N–H and O–H groups in total. The van der Waals surface area contributed by atoms with Crippen molar-refractivity contribution >= 4 is 39.1 Å². The number of thiophene rings is 1. The number of hydrogen-bond acceptors (Lipinski definition) is 6. The van der Waals surface area contributed by atoms with E-state index in [4.69, 9.17) is 5.11 Å². The Kier molecular flexibility index (Phi) is 3.63. The lowest BCUT2D eigenvalue weighted by Crippen LogP contribution is -2.40. The van der Waals surface area contributed by atoms with E-state index in [0.717, 1.165) is 27.7 Å². The summed E-state index contributed by atoms with van der Waals surface area (Å²) in [6.07, 6.45) is -0.246. The number of sulfonamides is 1. The van der Waals surface area contributed by atoms with E-state index in [1.807, 2.05) is 0 Å². The predicted molar refractivity (Wildman–Crippen MR) is 67.8 cm³/mol. The topological polar surface area (TPSA) is 121 Å². The van der Waals surface area contributed by atoms with Crippen molar-refractivity contribution in [2.75, 3.05) is 7.05 Å². The highest BCUT2D eigenvalue weighted by Crippen LogP contribution is 2.21. The molecule has 1 aliphatic heterocycles. The van der Waals surface area contributed by atoms with Gasteiger partial charge in [0, 0.05) is 12.4 Å². The molecule has 1 unspecified atom stereocenters. The fraction of sp³-hybridized carbons (Fsp3) is 0.300. The molecule has 1 aromatic heterocycles. The average molecular weight is 318 g/mol. The van der Waals surface area contributed by atoms with Crippen LogP contribution in [0.15, 0.2) is 16.3 Å². The molecule has 1 aromatic rings. The first-order valence-corrected chi connectivity index (χ1v) is 7.73. The monoisotopic (exact) mass is 318 g/mol. The fourth-order valence-electron chi connectivity index (χ4n) is 1.67. The van der Waals surface area contributed by atoms with Gasteiger partial charge in [0.15, 0.2) is 0 Å². The fourth-order valence-corrected chi connectivity index (χ4v) is 3.98. The summed E-state index contributed by atoms with van der Waals surface area (Å²) in [5, 5.41) is 9.91. The zero-order valence-electron chi connectivity index (χ0n) is 10.2. The molecule has 1 atom stereocenters. The number of likely N-dealkylation sites (tertiary alicyclic amines) is 1. The van der Waals surface area contributed by atoms with Gasteiger partial charge >= 0.3 is 5.97 Å². The third-order valence-electron chi connectivity index (χ3n) is 2.78. The number of nitrogens with zero attached hydrogens (tertiary/aromatic N) is 1. The maximum absolute atomic E-state index is 12.0. The van der Waals surface area contributed by atoms with Gasteiger partial charge in [-0.1, -0.05) is 0 Å². The zero-order valence-corrected chi connectivity index (χ0v) is 11.8. The lowest BCUT2D eigenvalue weighted by Gasteiger charge is -2.10. The van der Waals surface area contributed by atoms with Crippen molar-refractivity contribution in [1.82, 2.24) is 9.62 Å². The Morgan fingerprint density at radius 1 is 1.50 bits per heavy atom. The number of carbonyl (C=O) groups is 3. The normalized spacial score (nSPS) is 19.6. The SMILES string of the molecule is CN1C(=O)CC(NS(=O)(=O)c2csc(C(=O)O)c2)C1=O. The van der Waals surface area contributed by atoms with E-state index in [-0.39, 0.29) is 16.2 Å². The van der Waals surface area contributed by atoms with Crippen molar-refractivity contribution in [2.45, 2.75) is 17.4 Å². The van der Waals surface area contributed by atoms with E-state index >= 15 is 0 Å². The minimum atomic E-state index is -4.04. The van der Waals surface area contributed by atoms with Crippen molar-refractivity contribution < 1.29 is 27.9 Å². The quantitative estimate of drug-likeness (QED) is 0.721. The third-order valence-corrected chi connectivity index (χ3v) is 5.29. The van der Waals surface area contributed by atoms with E-state index in [2.05, 4.69) is 4.72 Å². The number of carboxylic acids is 1. The molecule has 0 aliphatic carbocycles. The van der Waals surface area contributed by atoms with Gasteiger partial charge in [0.05, 0.1) is 11.3 Å². The molecule has 1 aliphatic rings. The molecule has 10 heteroatoms. The molecule has 1 saturated heterocycles. The molecular weight excluding hydrogens is 308 g/mol. The summed E-state index contributed by atoms with van der Waals surface area (Å²) < 4.78 is 26.1. The number of likely N-dealkylation sites (N-methyl/N-ethyl adjacent to an activating group) is 1. The Labute approximate surface area is 118 Å². The van der Waals surface area contributed by atoms with Gasteiger partial charge in [0.1, 0.15) is 10.9 Å². The van der Waals surface area contributed by atoms with E-state index in [1.165, 1.54) is 7.05 Å². The summed E-state index contributed by atoms with van der Waals surface area (Å²) in [6, 6.07) is -0.147. The van der Waals surface area contributed by atoms with Crippen molar-refractivity contribution in [2.24, 2.45) is 0 Å². The standard InChI is InChI=1S/C10H10N2O6S2/c1-12-8(13)3-6(9(12)14)11-20(17,18)5-2-7(10(15)16)19-4-5/h2,4,6,11H,3H2,1H3,(H,15,16). The lowest BCUT2D eigenvalue weighted by atomic mass is 10.3. The zero-order chi connectivity index (χ0) is 15.1. The van der Waals surface area contributed by atoms with Crippen molar-refractivity contribution in [3.05, 3.63) is 16.3 Å². The minimum absolute atomic E-state index is 0.128. The van der Waals surface area contributed by atoms with Crippen LogP contribution in [0.5, 0.6) is 0 Å². The van der Waals surface area contributed by atoms with Crippen molar-refractivity contribution in [1.29, 1.82) is 0 Å². The highest BCUT2D eigenvalue weighted by Gasteiger charge is 2.38. The minimum Gasteiger partial charge on any atom is -0.477 e. The van der Waals surface area contributed by atoms with Crippen LogP contribution in [0.1, 0.15) is 16.1 Å². The van der Waals surface area contributed by atoms with Gasteiger partial charge in [0.2, 0.25) is 21.8 Å². The summed E-state index contributed by atoms with van der Waals surface area (Å²) in [5.74, 6) is -2.34. The van der Waals surface area contributed by atoms with Gasteiger partial charge in [-0.15, -0.1) is 11.3 Å². The molecule has 0 aromatic carbocycles. The highest BCUT2D eigenvalue weighted by molar-refractivity contribution is 7.89. The first-order chi connectivity index (χ1) is 9.22. The van der Waals surface area contributed by atoms with Gasteiger partial charge in [0.25, 0.3) is 0 Å². The van der Waals surface area contributed by atoms with Crippen LogP contribution in [-0.2, 0) is 19.6 Å². The van der Waals surface area contributed by atoms with Gasteiger partial charge in [-0.25, -0.2) is 13.2 Å². The Balaban J connectivity index is 2.21. The second-order valence-electron chi connectivity index (χ2n) is 4.12. The summed E-state index contributed by atoms with van der Waals surface area (Å²) in [4.78, 5) is 34.1. The summed E-state index contributed by atoms with van der Waals surface area (Å²) in [7, 11) is -2.77. The van der Waals surface area contributed by atoms with E-state index in [0.29, 0.717) is 0 Å². The summed E-state index contributed by atoms with van der Waals surface area (Å²) >= 11 is 0.763. The van der Waals surface area contributed by atoms with Gasteiger partial charge in [-0.3, -0.25) is 14.5 Å². The number of hydrogen-bond donors (Lipinski definition) is 2. The smallest absolute Gasteiger partial charge is 0.345 e. The molecule has 108 valence electrons. The molecule has 0 saturated carbocycles. The molecular formula is C10H10N2O6S2. The Bertz CT molecular complexity index is 692. The molecule has 1 fully saturated rings. The predicted octanol–water partition coefficient (Wildman–Crippen LogP) is -0.518. The number of carboxylic acid groups (broad SMARTS) is 1. The highest BCUT2D eigenvalue weighted by atomic mass is 32.2. The maximum Gasteiger partial charge on any atom is 0.345 e. The number of aromatic carboxylic acids is 1. The van der Waals surface area contributed by atoms with Crippen LogP contribution in [0.4, 0.5) is 0 Å². The molecule has 20 heavy (non-hydrogen) atoms. The summed E-state index contributed by atoms with van der Waals surface area (Å²) in [5.41, 5.74) is 0. The van der Waals surface area contributed by atoms with Crippen LogP contribution in [0.25, 0.3) is 0 Å². The molecule has 0 radical (unpaired) electrons. The molecule has 2 amide bonds. The Hall–Kier alpha value is -1.78. The summed E-state index contributed by atoms with van der Waals surface area (Å²) in [6.45, 7) is 0. The molecule has 2 heterocycles. The second kappa shape index (κ2) is 4.96. The van der Waals surface area contributed by atoms with Gasteiger partial charge in [-0.2, -0.15) is 4.72 Å². The average Bonchev–Trinajstić information content (AvgIpc) is 2.93. The number of rotatable bonds is 4. The largest absolute Gasteiger partial charge is 0.477 e. The third kappa shape index (κ3) is 2.57. The van der Waals surface area contributed by atoms with Crippen LogP contribution in [0.3, 0.4) is 0 Å². The number of imide groups is 1. The number of carbonyl (C=O) groups excluding carboxylic acids is 2. The lowest BCUT2D eigenvalue weighted by molar-refractivity contribution is -0.137. The Morgan fingerprint density at radius 2 is 2.15 bits per heavy atom. The molecule has 2 rings (SSSR count).